The highest BCUT2D eigenvalue weighted by atomic mass is 35.5. The van der Waals surface area contributed by atoms with Crippen LogP contribution in [0, 0.1) is 6.92 Å². The number of sulfonamides is 1. The second-order valence-corrected chi connectivity index (χ2v) is 10.6. The summed E-state index contributed by atoms with van der Waals surface area (Å²) in [6, 6.07) is 8.82. The Morgan fingerprint density at radius 1 is 1.09 bits per heavy atom. The molecule has 0 bridgehead atoms. The lowest BCUT2D eigenvalue weighted by Gasteiger charge is -2.33. The Morgan fingerprint density at radius 2 is 1.76 bits per heavy atom. The van der Waals surface area contributed by atoms with Gasteiger partial charge in [-0.25, -0.2) is 8.42 Å². The quantitative estimate of drug-likeness (QED) is 0.520. The molecule has 0 unspecified atom stereocenters. The number of nitrogens with zero attached hydrogens (tertiary/aromatic N) is 2. The molecule has 2 amide bonds. The Hall–Kier alpha value is -2.00. The van der Waals surface area contributed by atoms with E-state index in [-0.39, 0.29) is 18.1 Å². The van der Waals surface area contributed by atoms with Gasteiger partial charge in [0.05, 0.1) is 11.9 Å². The SMILES string of the molecule is CC[C@@H](C(=O)NC)N(Cc1ccc(Cl)cc1Cl)C(=O)CN(c1cccc(Cl)c1C)S(C)(=O)=O. The average Bonchev–Trinajstić information content (AvgIpc) is 2.74. The second-order valence-electron chi connectivity index (χ2n) is 7.45. The molecule has 2 aromatic carbocycles. The summed E-state index contributed by atoms with van der Waals surface area (Å²) in [5, 5.41) is 3.69. The normalized spacial score (nSPS) is 12.2. The molecule has 0 aliphatic rings. The van der Waals surface area contributed by atoms with Gasteiger partial charge in [0.1, 0.15) is 12.6 Å². The van der Waals surface area contributed by atoms with Crippen LogP contribution in [0.4, 0.5) is 5.69 Å². The van der Waals surface area contributed by atoms with Crippen molar-refractivity contribution >= 4 is 62.3 Å². The third kappa shape index (κ3) is 6.76. The summed E-state index contributed by atoms with van der Waals surface area (Å²) in [5.74, 6) is -0.943. The minimum absolute atomic E-state index is 0.00705. The molecule has 0 aliphatic carbocycles. The van der Waals surface area contributed by atoms with Gasteiger partial charge in [-0.05, 0) is 48.7 Å². The van der Waals surface area contributed by atoms with Crippen LogP contribution in [0.3, 0.4) is 0 Å². The summed E-state index contributed by atoms with van der Waals surface area (Å²) < 4.78 is 26.2. The zero-order valence-electron chi connectivity index (χ0n) is 18.7. The van der Waals surface area contributed by atoms with Gasteiger partial charge in [0, 0.05) is 28.7 Å². The van der Waals surface area contributed by atoms with E-state index >= 15 is 0 Å². The first-order valence-electron chi connectivity index (χ1n) is 10.1. The monoisotopic (exact) mass is 533 g/mol. The van der Waals surface area contributed by atoms with Crippen molar-refractivity contribution in [3.8, 4) is 0 Å². The van der Waals surface area contributed by atoms with Crippen molar-refractivity contribution in [3.05, 3.63) is 62.6 Å². The standard InChI is InChI=1S/C22H26Cl3N3O4S/c1-5-19(22(30)26-3)27(12-15-9-10-16(23)11-18(15)25)21(29)13-28(33(4,31)32)20-8-6-7-17(24)14(20)2/h6-11,19H,5,12-13H2,1-4H3,(H,26,30)/t19-/m0/s1. The third-order valence-corrected chi connectivity index (χ3v) is 7.30. The molecule has 180 valence electrons. The molecule has 0 saturated carbocycles. The van der Waals surface area contributed by atoms with Gasteiger partial charge in [-0.15, -0.1) is 0 Å². The number of likely N-dealkylation sites (N-methyl/N-ethyl adjacent to an activating group) is 1. The van der Waals surface area contributed by atoms with Crippen LogP contribution in [0.2, 0.25) is 15.1 Å². The Labute approximate surface area is 209 Å². The number of carbonyl (C=O) groups is 2. The van der Waals surface area contributed by atoms with Crippen LogP contribution >= 0.6 is 34.8 Å². The minimum Gasteiger partial charge on any atom is -0.357 e. The van der Waals surface area contributed by atoms with E-state index in [0.29, 0.717) is 32.6 Å². The number of benzene rings is 2. The fraction of sp³-hybridized carbons (Fsp3) is 0.364. The zero-order valence-corrected chi connectivity index (χ0v) is 21.8. The van der Waals surface area contributed by atoms with Crippen LogP contribution in [0.25, 0.3) is 0 Å². The molecule has 0 heterocycles. The molecule has 1 atom stereocenters. The van der Waals surface area contributed by atoms with Gasteiger partial charge in [0.25, 0.3) is 0 Å². The lowest BCUT2D eigenvalue weighted by molar-refractivity contribution is -0.140. The first-order valence-corrected chi connectivity index (χ1v) is 13.1. The molecule has 11 heteroatoms. The van der Waals surface area contributed by atoms with Crippen molar-refractivity contribution in [2.75, 3.05) is 24.2 Å². The van der Waals surface area contributed by atoms with Crippen LogP contribution in [0.15, 0.2) is 36.4 Å². The van der Waals surface area contributed by atoms with E-state index in [0.717, 1.165) is 10.6 Å². The number of carbonyl (C=O) groups excluding carboxylic acids is 2. The lowest BCUT2D eigenvalue weighted by atomic mass is 10.1. The van der Waals surface area contributed by atoms with E-state index in [1.807, 2.05) is 0 Å². The zero-order chi connectivity index (χ0) is 24.9. The van der Waals surface area contributed by atoms with Crippen molar-refractivity contribution in [2.45, 2.75) is 32.9 Å². The molecule has 0 aliphatic heterocycles. The van der Waals surface area contributed by atoms with Gasteiger partial charge in [-0.2, -0.15) is 0 Å². The third-order valence-electron chi connectivity index (χ3n) is 5.18. The van der Waals surface area contributed by atoms with Gasteiger partial charge in [0.2, 0.25) is 21.8 Å². The fourth-order valence-electron chi connectivity index (χ4n) is 3.38. The molecule has 2 rings (SSSR count). The van der Waals surface area contributed by atoms with Crippen LogP contribution < -0.4 is 9.62 Å². The highest BCUT2D eigenvalue weighted by Gasteiger charge is 2.32. The van der Waals surface area contributed by atoms with Crippen LogP contribution in [-0.2, 0) is 26.2 Å². The number of amides is 2. The maximum absolute atomic E-state index is 13.5. The maximum atomic E-state index is 13.5. The Kier molecular flexibility index (Phi) is 9.43. The number of halogens is 3. The number of hydrogen-bond donors (Lipinski definition) is 1. The van der Waals surface area contributed by atoms with Crippen molar-refractivity contribution in [3.63, 3.8) is 0 Å². The number of nitrogens with one attached hydrogen (secondary N) is 1. The van der Waals surface area contributed by atoms with Crippen molar-refractivity contribution in [2.24, 2.45) is 0 Å². The molecular weight excluding hydrogens is 509 g/mol. The molecular formula is C22H26Cl3N3O4S. The molecule has 0 fully saturated rings. The molecule has 0 saturated heterocycles. The van der Waals surface area contributed by atoms with Gasteiger partial charge >= 0.3 is 0 Å². The first kappa shape index (κ1) is 27.2. The largest absolute Gasteiger partial charge is 0.357 e. The van der Waals surface area contributed by atoms with Crippen LogP contribution in [-0.4, -0.2) is 51.0 Å². The lowest BCUT2D eigenvalue weighted by Crippen LogP contribution is -2.51. The van der Waals surface area contributed by atoms with E-state index in [9.17, 15) is 18.0 Å². The first-order chi connectivity index (χ1) is 15.4. The number of anilines is 1. The highest BCUT2D eigenvalue weighted by Crippen LogP contribution is 2.29. The molecule has 0 radical (unpaired) electrons. The molecule has 2 aromatic rings. The second kappa shape index (κ2) is 11.4. The van der Waals surface area contributed by atoms with Crippen molar-refractivity contribution < 1.29 is 18.0 Å². The van der Waals surface area contributed by atoms with E-state index in [2.05, 4.69) is 5.32 Å². The van der Waals surface area contributed by atoms with Gasteiger partial charge in [-0.1, -0.05) is 53.9 Å². The summed E-state index contributed by atoms with van der Waals surface area (Å²) in [4.78, 5) is 27.4. The van der Waals surface area contributed by atoms with E-state index in [4.69, 9.17) is 34.8 Å². The van der Waals surface area contributed by atoms with Gasteiger partial charge in [0.15, 0.2) is 0 Å². The van der Waals surface area contributed by atoms with E-state index in [1.54, 1.807) is 50.2 Å². The Morgan fingerprint density at radius 3 is 2.30 bits per heavy atom. The molecule has 0 aromatic heterocycles. The predicted molar refractivity (Wildman–Crippen MR) is 134 cm³/mol. The predicted octanol–water partition coefficient (Wildman–Crippen LogP) is 4.27. The summed E-state index contributed by atoms with van der Waals surface area (Å²) >= 11 is 18.5. The Bertz CT molecular complexity index is 1140. The number of hydrogen-bond acceptors (Lipinski definition) is 4. The average molecular weight is 535 g/mol. The van der Waals surface area contributed by atoms with Crippen molar-refractivity contribution in [1.29, 1.82) is 0 Å². The summed E-state index contributed by atoms with van der Waals surface area (Å²) in [7, 11) is -2.37. The topological polar surface area (TPSA) is 86.8 Å². The molecule has 7 nitrogen and oxygen atoms in total. The fourth-order valence-corrected chi connectivity index (χ4v) is 4.92. The smallest absolute Gasteiger partial charge is 0.244 e. The van der Waals surface area contributed by atoms with Gasteiger partial charge < -0.3 is 10.2 Å². The molecule has 33 heavy (non-hydrogen) atoms. The summed E-state index contributed by atoms with van der Waals surface area (Å²) in [6.45, 7) is 2.91. The maximum Gasteiger partial charge on any atom is 0.244 e. The van der Waals surface area contributed by atoms with E-state index < -0.39 is 28.5 Å². The Balaban J connectivity index is 2.51. The molecule has 0 spiro atoms. The number of rotatable bonds is 9. The highest BCUT2D eigenvalue weighted by molar-refractivity contribution is 7.92. The van der Waals surface area contributed by atoms with E-state index in [1.165, 1.54) is 11.9 Å². The minimum atomic E-state index is -3.85. The summed E-state index contributed by atoms with van der Waals surface area (Å²) in [5.41, 5.74) is 1.38. The van der Waals surface area contributed by atoms with Crippen LogP contribution in [0.1, 0.15) is 24.5 Å². The van der Waals surface area contributed by atoms with Crippen LogP contribution in [0.5, 0.6) is 0 Å². The summed E-state index contributed by atoms with van der Waals surface area (Å²) in [6.07, 6.45) is 1.32. The van der Waals surface area contributed by atoms with Crippen molar-refractivity contribution in [1.82, 2.24) is 10.2 Å². The molecule has 1 N–H and O–H groups in total. The van der Waals surface area contributed by atoms with Gasteiger partial charge in [-0.3, -0.25) is 13.9 Å².